The minimum Gasteiger partial charge on any atom is -0.356 e. The lowest BCUT2D eigenvalue weighted by atomic mass is 10.1. The van der Waals surface area contributed by atoms with Crippen LogP contribution in [-0.4, -0.2) is 40.8 Å². The molecule has 0 spiro atoms. The van der Waals surface area contributed by atoms with E-state index in [4.69, 9.17) is 0 Å². The molecular weight excluding hydrogens is 248 g/mol. The highest BCUT2D eigenvalue weighted by molar-refractivity contribution is 7.85. The summed E-state index contributed by atoms with van der Waals surface area (Å²) in [5, 5.41) is 6.15. The Morgan fingerprint density at radius 3 is 2.56 bits per heavy atom. The fourth-order valence-electron chi connectivity index (χ4n) is 1.76. The Kier molecular flexibility index (Phi) is 11.4. The van der Waals surface area contributed by atoms with Gasteiger partial charge in [-0.3, -0.25) is 9.00 Å². The number of carbonyl (C=O) groups excluding carboxylic acids is 1. The number of amides is 1. The normalized spacial score (nSPS) is 14.2. The van der Waals surface area contributed by atoms with Crippen molar-refractivity contribution in [3.8, 4) is 0 Å². The highest BCUT2D eigenvalue weighted by Crippen LogP contribution is 2.03. The maximum atomic E-state index is 11.6. The second kappa shape index (κ2) is 11.7. The molecule has 108 valence electrons. The van der Waals surface area contributed by atoms with Crippen LogP contribution in [0.4, 0.5) is 0 Å². The second-order valence-corrected chi connectivity index (χ2v) is 6.02. The fourth-order valence-corrected chi connectivity index (χ4v) is 2.78. The average Bonchev–Trinajstić information content (AvgIpc) is 2.33. The second-order valence-electron chi connectivity index (χ2n) is 4.44. The third-order valence-corrected chi connectivity index (χ3v) is 4.09. The van der Waals surface area contributed by atoms with Gasteiger partial charge in [0.15, 0.2) is 0 Å². The van der Waals surface area contributed by atoms with Gasteiger partial charge in [-0.1, -0.05) is 13.8 Å². The van der Waals surface area contributed by atoms with Crippen molar-refractivity contribution < 1.29 is 9.00 Å². The summed E-state index contributed by atoms with van der Waals surface area (Å²) in [4.78, 5) is 11.2. The number of rotatable bonds is 11. The molecule has 0 aromatic heterocycles. The van der Waals surface area contributed by atoms with E-state index < -0.39 is 10.8 Å². The Morgan fingerprint density at radius 2 is 2.00 bits per heavy atom. The maximum absolute atomic E-state index is 11.6. The van der Waals surface area contributed by atoms with Crippen molar-refractivity contribution in [1.82, 2.24) is 10.6 Å². The van der Waals surface area contributed by atoms with Crippen LogP contribution in [0, 0.1) is 0 Å². The minimum atomic E-state index is -1.02. The molecule has 0 saturated carbocycles. The molecule has 4 nitrogen and oxygen atoms in total. The van der Waals surface area contributed by atoms with Crippen molar-refractivity contribution in [2.45, 2.75) is 52.5 Å². The molecule has 0 aromatic rings. The van der Waals surface area contributed by atoms with Crippen molar-refractivity contribution in [2.24, 2.45) is 0 Å². The molecule has 1 amide bonds. The zero-order valence-electron chi connectivity index (χ0n) is 12.0. The Balaban J connectivity index is 3.68. The third-order valence-electron chi connectivity index (χ3n) is 2.77. The number of nitrogens with one attached hydrogen (secondary N) is 2. The summed E-state index contributed by atoms with van der Waals surface area (Å²) in [6.07, 6.45) is 4.20. The summed E-state index contributed by atoms with van der Waals surface area (Å²) < 4.78 is 11.6. The van der Waals surface area contributed by atoms with Gasteiger partial charge in [-0.05, 0) is 39.2 Å². The van der Waals surface area contributed by atoms with Crippen LogP contribution in [0.2, 0.25) is 0 Å². The standard InChI is InChI=1S/C13H28N2O2S/c1-4-9-15-12(5-2)8-7-10-18(17)11-13(16)14-6-3/h12,15H,4-11H2,1-3H3,(H,14,16). The first-order chi connectivity index (χ1) is 8.63. The van der Waals surface area contributed by atoms with Crippen molar-refractivity contribution in [1.29, 1.82) is 0 Å². The van der Waals surface area contributed by atoms with E-state index in [0.29, 0.717) is 18.3 Å². The van der Waals surface area contributed by atoms with Gasteiger partial charge in [-0.25, -0.2) is 0 Å². The van der Waals surface area contributed by atoms with Gasteiger partial charge < -0.3 is 10.6 Å². The van der Waals surface area contributed by atoms with Crippen LogP contribution >= 0.6 is 0 Å². The Bertz CT molecular complexity index is 247. The van der Waals surface area contributed by atoms with E-state index in [-0.39, 0.29) is 11.7 Å². The SMILES string of the molecule is CCCNC(CC)CCCS(=O)CC(=O)NCC. The van der Waals surface area contributed by atoms with Gasteiger partial charge in [0.05, 0.1) is 0 Å². The van der Waals surface area contributed by atoms with Crippen molar-refractivity contribution in [3.63, 3.8) is 0 Å². The van der Waals surface area contributed by atoms with E-state index in [0.717, 1.165) is 32.2 Å². The minimum absolute atomic E-state index is 0.105. The van der Waals surface area contributed by atoms with Crippen LogP contribution in [0.3, 0.4) is 0 Å². The van der Waals surface area contributed by atoms with E-state index >= 15 is 0 Å². The average molecular weight is 276 g/mol. The molecule has 2 atom stereocenters. The Labute approximate surface area is 114 Å². The number of hydrogen-bond donors (Lipinski definition) is 2. The molecule has 0 aliphatic carbocycles. The van der Waals surface area contributed by atoms with E-state index in [1.807, 2.05) is 6.92 Å². The van der Waals surface area contributed by atoms with E-state index in [1.165, 1.54) is 0 Å². The lowest BCUT2D eigenvalue weighted by molar-refractivity contribution is -0.118. The summed E-state index contributed by atoms with van der Waals surface area (Å²) in [7, 11) is -1.02. The molecule has 5 heteroatoms. The van der Waals surface area contributed by atoms with Gasteiger partial charge >= 0.3 is 0 Å². The lowest BCUT2D eigenvalue weighted by Crippen LogP contribution is -2.30. The largest absolute Gasteiger partial charge is 0.356 e. The molecule has 0 radical (unpaired) electrons. The molecule has 0 heterocycles. The summed E-state index contributed by atoms with van der Waals surface area (Å²) >= 11 is 0. The van der Waals surface area contributed by atoms with Gasteiger partial charge in [-0.2, -0.15) is 0 Å². The van der Waals surface area contributed by atoms with Gasteiger partial charge in [0.25, 0.3) is 0 Å². The topological polar surface area (TPSA) is 58.2 Å². The van der Waals surface area contributed by atoms with E-state index in [9.17, 15) is 9.00 Å². The van der Waals surface area contributed by atoms with Crippen molar-refractivity contribution in [2.75, 3.05) is 24.6 Å². The predicted molar refractivity (Wildman–Crippen MR) is 78.2 cm³/mol. The monoisotopic (exact) mass is 276 g/mol. The number of carbonyl (C=O) groups is 1. The molecule has 0 aromatic carbocycles. The first-order valence-corrected chi connectivity index (χ1v) is 8.47. The van der Waals surface area contributed by atoms with E-state index in [2.05, 4.69) is 24.5 Å². The summed E-state index contributed by atoms with van der Waals surface area (Å²) in [5.74, 6) is 0.668. The first kappa shape index (κ1) is 17.6. The van der Waals surface area contributed by atoms with Crippen molar-refractivity contribution in [3.05, 3.63) is 0 Å². The maximum Gasteiger partial charge on any atom is 0.232 e. The van der Waals surface area contributed by atoms with E-state index in [1.54, 1.807) is 0 Å². The molecule has 0 bridgehead atoms. The van der Waals surface area contributed by atoms with Gasteiger partial charge in [0.1, 0.15) is 5.75 Å². The van der Waals surface area contributed by atoms with Crippen LogP contribution in [0.1, 0.15) is 46.5 Å². The van der Waals surface area contributed by atoms with Crippen LogP contribution in [0.15, 0.2) is 0 Å². The zero-order chi connectivity index (χ0) is 13.8. The third kappa shape index (κ3) is 9.59. The molecule has 0 aliphatic heterocycles. The highest BCUT2D eigenvalue weighted by Gasteiger charge is 2.09. The molecule has 0 rings (SSSR count). The molecule has 0 saturated heterocycles. The summed E-state index contributed by atoms with van der Waals surface area (Å²) in [6.45, 7) is 7.83. The van der Waals surface area contributed by atoms with Gasteiger partial charge in [-0.15, -0.1) is 0 Å². The molecule has 2 unspecified atom stereocenters. The van der Waals surface area contributed by atoms with Gasteiger partial charge in [0, 0.05) is 29.1 Å². The summed E-state index contributed by atoms with van der Waals surface area (Å²) in [5.41, 5.74) is 0. The zero-order valence-corrected chi connectivity index (χ0v) is 12.8. The molecule has 18 heavy (non-hydrogen) atoms. The predicted octanol–water partition coefficient (Wildman–Crippen LogP) is 1.43. The molecular formula is C13H28N2O2S. The lowest BCUT2D eigenvalue weighted by Gasteiger charge is -2.16. The number of hydrogen-bond acceptors (Lipinski definition) is 3. The fraction of sp³-hybridized carbons (Fsp3) is 0.923. The van der Waals surface area contributed by atoms with Crippen LogP contribution in [0.5, 0.6) is 0 Å². The van der Waals surface area contributed by atoms with Crippen LogP contribution < -0.4 is 10.6 Å². The highest BCUT2D eigenvalue weighted by atomic mass is 32.2. The summed E-state index contributed by atoms with van der Waals surface area (Å²) in [6, 6.07) is 0.520. The molecule has 2 N–H and O–H groups in total. The van der Waals surface area contributed by atoms with Gasteiger partial charge in [0.2, 0.25) is 5.91 Å². The molecule has 0 fully saturated rings. The molecule has 0 aliphatic rings. The quantitative estimate of drug-likeness (QED) is 0.600. The Morgan fingerprint density at radius 1 is 1.28 bits per heavy atom. The van der Waals surface area contributed by atoms with Crippen LogP contribution in [0.25, 0.3) is 0 Å². The smallest absolute Gasteiger partial charge is 0.232 e. The van der Waals surface area contributed by atoms with Crippen LogP contribution in [-0.2, 0) is 15.6 Å². The first-order valence-electron chi connectivity index (χ1n) is 6.99. The Hall–Kier alpha value is -0.420. The van der Waals surface area contributed by atoms with Crippen molar-refractivity contribution >= 4 is 16.7 Å².